The molecule has 132 valence electrons. The molecule has 2 aromatic rings. The van der Waals surface area contributed by atoms with E-state index < -0.39 is 0 Å². The molecule has 2 heterocycles. The number of rotatable bonds is 6. The highest BCUT2D eigenvalue weighted by molar-refractivity contribution is 5.90. The highest BCUT2D eigenvalue weighted by Crippen LogP contribution is 2.12. The van der Waals surface area contributed by atoms with Crippen molar-refractivity contribution in [1.29, 1.82) is 0 Å². The van der Waals surface area contributed by atoms with E-state index in [1.165, 1.54) is 0 Å². The molecule has 1 aromatic heterocycles. The molecule has 0 atom stereocenters. The van der Waals surface area contributed by atoms with Crippen LogP contribution in [0.15, 0.2) is 42.7 Å². The fraction of sp³-hybridized carbons (Fsp3) is 0.421. The van der Waals surface area contributed by atoms with Crippen LogP contribution in [0.25, 0.3) is 0 Å². The third-order valence-electron chi connectivity index (χ3n) is 4.38. The van der Waals surface area contributed by atoms with Crippen LogP contribution in [0.4, 0.5) is 5.69 Å². The van der Waals surface area contributed by atoms with E-state index in [-0.39, 0.29) is 11.8 Å². The van der Waals surface area contributed by atoms with Crippen molar-refractivity contribution in [2.45, 2.75) is 38.6 Å². The van der Waals surface area contributed by atoms with Crippen LogP contribution in [0.1, 0.15) is 37.7 Å². The van der Waals surface area contributed by atoms with Crippen molar-refractivity contribution in [3.8, 4) is 0 Å². The van der Waals surface area contributed by atoms with E-state index in [9.17, 15) is 9.59 Å². The van der Waals surface area contributed by atoms with Crippen LogP contribution in [0.2, 0.25) is 0 Å². The predicted octanol–water partition coefficient (Wildman–Crippen LogP) is 2.66. The Morgan fingerprint density at radius 1 is 1.16 bits per heavy atom. The van der Waals surface area contributed by atoms with Gasteiger partial charge in [0, 0.05) is 32.1 Å². The monoisotopic (exact) mass is 340 g/mol. The zero-order valence-corrected chi connectivity index (χ0v) is 14.4. The minimum Gasteiger partial charge on any atom is -0.342 e. The lowest BCUT2D eigenvalue weighted by molar-refractivity contribution is -0.131. The fourth-order valence-corrected chi connectivity index (χ4v) is 3.02. The molecule has 3 rings (SSSR count). The lowest BCUT2D eigenvalue weighted by Crippen LogP contribution is -2.33. The zero-order valence-electron chi connectivity index (χ0n) is 14.4. The maximum absolute atomic E-state index is 12.1. The average Bonchev–Trinajstić information content (AvgIpc) is 2.93. The topological polar surface area (TPSA) is 67.2 Å². The third-order valence-corrected chi connectivity index (χ3v) is 4.38. The molecule has 6 heteroatoms. The van der Waals surface area contributed by atoms with Crippen LogP contribution < -0.4 is 5.32 Å². The van der Waals surface area contributed by atoms with Gasteiger partial charge in [0.05, 0.1) is 18.4 Å². The Hall–Kier alpha value is -2.63. The minimum absolute atomic E-state index is 0.0868. The summed E-state index contributed by atoms with van der Waals surface area (Å²) in [4.78, 5) is 25.9. The number of carbonyl (C=O) groups excluding carboxylic acids is 2. The van der Waals surface area contributed by atoms with Gasteiger partial charge in [0.25, 0.3) is 0 Å². The second-order valence-electron chi connectivity index (χ2n) is 6.40. The van der Waals surface area contributed by atoms with Gasteiger partial charge in [0.2, 0.25) is 11.8 Å². The van der Waals surface area contributed by atoms with Crippen molar-refractivity contribution in [2.75, 3.05) is 18.4 Å². The maximum Gasteiger partial charge on any atom is 0.226 e. The van der Waals surface area contributed by atoms with Gasteiger partial charge in [-0.25, -0.2) is 0 Å². The molecule has 1 aromatic carbocycles. The number of benzene rings is 1. The zero-order chi connectivity index (χ0) is 17.5. The lowest BCUT2D eigenvalue weighted by Gasteiger charge is -2.19. The first kappa shape index (κ1) is 17.2. The number of hydrogen-bond acceptors (Lipinski definition) is 3. The third kappa shape index (κ3) is 5.17. The van der Waals surface area contributed by atoms with Crippen LogP contribution in [-0.2, 0) is 16.1 Å². The number of amides is 2. The van der Waals surface area contributed by atoms with E-state index in [0.717, 1.165) is 31.4 Å². The van der Waals surface area contributed by atoms with E-state index >= 15 is 0 Å². The first-order valence-electron chi connectivity index (χ1n) is 8.85. The molecule has 1 aliphatic heterocycles. The quantitative estimate of drug-likeness (QED) is 0.879. The van der Waals surface area contributed by atoms with Crippen molar-refractivity contribution in [2.24, 2.45) is 0 Å². The van der Waals surface area contributed by atoms with Crippen molar-refractivity contribution >= 4 is 17.5 Å². The molecule has 2 amide bonds. The highest BCUT2D eigenvalue weighted by atomic mass is 16.2. The fourth-order valence-electron chi connectivity index (χ4n) is 3.02. The van der Waals surface area contributed by atoms with Crippen LogP contribution in [-0.4, -0.2) is 39.6 Å². The summed E-state index contributed by atoms with van der Waals surface area (Å²) < 4.78 is 1.79. The molecule has 0 radical (unpaired) electrons. The molecule has 0 bridgehead atoms. The standard InChI is InChI=1S/C19H24N4O2/c24-18(10-12-22-11-6-2-5-9-19(22)25)21-17-13-20-23(15-17)14-16-7-3-1-4-8-16/h1,3-4,7-8,13,15H,2,5-6,9-12,14H2,(H,21,24). The molecule has 0 spiro atoms. The number of aromatic nitrogens is 2. The van der Waals surface area contributed by atoms with Crippen molar-refractivity contribution in [1.82, 2.24) is 14.7 Å². The van der Waals surface area contributed by atoms with Gasteiger partial charge in [-0.2, -0.15) is 5.10 Å². The molecule has 0 aliphatic carbocycles. The maximum atomic E-state index is 12.1. The first-order chi connectivity index (χ1) is 12.2. The lowest BCUT2D eigenvalue weighted by atomic mass is 10.2. The van der Waals surface area contributed by atoms with Crippen molar-refractivity contribution < 1.29 is 9.59 Å². The van der Waals surface area contributed by atoms with E-state index in [1.54, 1.807) is 10.9 Å². The number of nitrogens with one attached hydrogen (secondary N) is 1. The summed E-state index contributed by atoms with van der Waals surface area (Å²) in [6.07, 6.45) is 7.47. The van der Waals surface area contributed by atoms with Gasteiger partial charge < -0.3 is 10.2 Å². The van der Waals surface area contributed by atoms with Crippen molar-refractivity contribution in [3.63, 3.8) is 0 Å². The van der Waals surface area contributed by atoms with Gasteiger partial charge in [-0.15, -0.1) is 0 Å². The van der Waals surface area contributed by atoms with Gasteiger partial charge in [0.15, 0.2) is 0 Å². The number of carbonyl (C=O) groups is 2. The highest BCUT2D eigenvalue weighted by Gasteiger charge is 2.17. The minimum atomic E-state index is -0.0868. The summed E-state index contributed by atoms with van der Waals surface area (Å²) in [6.45, 7) is 1.92. The van der Waals surface area contributed by atoms with Gasteiger partial charge in [-0.05, 0) is 18.4 Å². The van der Waals surface area contributed by atoms with E-state index in [0.29, 0.717) is 31.6 Å². The number of hydrogen-bond donors (Lipinski definition) is 1. The molecular formula is C19H24N4O2. The van der Waals surface area contributed by atoms with E-state index in [1.807, 2.05) is 41.4 Å². The summed E-state index contributed by atoms with van der Waals surface area (Å²) in [5, 5.41) is 7.13. The van der Waals surface area contributed by atoms with Gasteiger partial charge in [-0.3, -0.25) is 14.3 Å². The molecule has 0 unspecified atom stereocenters. The summed E-state index contributed by atoms with van der Waals surface area (Å²) in [5.41, 5.74) is 1.84. The molecule has 6 nitrogen and oxygen atoms in total. The number of anilines is 1. The van der Waals surface area contributed by atoms with Crippen molar-refractivity contribution in [3.05, 3.63) is 48.3 Å². The smallest absolute Gasteiger partial charge is 0.226 e. The number of likely N-dealkylation sites (tertiary alicyclic amines) is 1. The second-order valence-corrected chi connectivity index (χ2v) is 6.40. The summed E-state index contributed by atoms with van der Waals surface area (Å²) in [7, 11) is 0. The van der Waals surface area contributed by atoms with Gasteiger partial charge in [0.1, 0.15) is 0 Å². The Morgan fingerprint density at radius 3 is 2.84 bits per heavy atom. The number of nitrogens with zero attached hydrogens (tertiary/aromatic N) is 3. The van der Waals surface area contributed by atoms with Crippen LogP contribution >= 0.6 is 0 Å². The SMILES string of the molecule is O=C(CCN1CCCCCC1=O)Nc1cnn(Cc2ccccc2)c1. The average molecular weight is 340 g/mol. The Morgan fingerprint density at radius 2 is 2.00 bits per heavy atom. The van der Waals surface area contributed by atoms with Gasteiger partial charge >= 0.3 is 0 Å². The molecule has 1 N–H and O–H groups in total. The Balaban J connectivity index is 1.47. The van der Waals surface area contributed by atoms with Crippen LogP contribution in [0.3, 0.4) is 0 Å². The molecule has 25 heavy (non-hydrogen) atoms. The Kier molecular flexibility index (Phi) is 5.82. The predicted molar refractivity (Wildman–Crippen MR) is 96.1 cm³/mol. The normalized spacial score (nSPS) is 15.0. The Labute approximate surface area is 147 Å². The van der Waals surface area contributed by atoms with Gasteiger partial charge in [-0.1, -0.05) is 36.8 Å². The molecule has 1 saturated heterocycles. The van der Waals surface area contributed by atoms with Crippen LogP contribution in [0.5, 0.6) is 0 Å². The second kappa shape index (κ2) is 8.46. The Bertz CT molecular complexity index is 711. The summed E-state index contributed by atoms with van der Waals surface area (Å²) >= 11 is 0. The molecular weight excluding hydrogens is 316 g/mol. The largest absolute Gasteiger partial charge is 0.342 e. The molecule has 1 fully saturated rings. The molecule has 0 saturated carbocycles. The van der Waals surface area contributed by atoms with E-state index in [2.05, 4.69) is 10.4 Å². The summed E-state index contributed by atoms with van der Waals surface area (Å²) in [5.74, 6) is 0.0808. The first-order valence-corrected chi connectivity index (χ1v) is 8.85. The molecule has 1 aliphatic rings. The summed E-state index contributed by atoms with van der Waals surface area (Å²) in [6, 6.07) is 10.0. The van der Waals surface area contributed by atoms with Crippen LogP contribution in [0, 0.1) is 0 Å². The van der Waals surface area contributed by atoms with E-state index in [4.69, 9.17) is 0 Å².